The monoisotopic (exact) mass is 281 g/mol. The number of esters is 1. The van der Waals surface area contributed by atoms with E-state index in [1.807, 2.05) is 0 Å². The first kappa shape index (κ1) is 16.1. The van der Waals surface area contributed by atoms with Gasteiger partial charge in [0.25, 0.3) is 0 Å². The molecular formula is C15H20FNO3. The van der Waals surface area contributed by atoms with Crippen LogP contribution in [0.2, 0.25) is 0 Å². The molecule has 0 bridgehead atoms. The Morgan fingerprint density at radius 3 is 2.45 bits per heavy atom. The number of rotatable bonds is 6. The molecule has 0 saturated carbocycles. The standard InChI is InChI=1S/C15H20FNO3/c1-11(15(19)20-3)10-17(2)14(18)9-6-12-4-7-13(16)8-5-12/h4-5,7-8,11H,6,9-10H2,1-3H3. The van der Waals surface area contributed by atoms with Gasteiger partial charge in [0.05, 0.1) is 13.0 Å². The van der Waals surface area contributed by atoms with Crippen LogP contribution >= 0.6 is 0 Å². The summed E-state index contributed by atoms with van der Waals surface area (Å²) < 4.78 is 17.4. The summed E-state index contributed by atoms with van der Waals surface area (Å²) >= 11 is 0. The highest BCUT2D eigenvalue weighted by molar-refractivity contribution is 5.77. The van der Waals surface area contributed by atoms with E-state index in [-0.39, 0.29) is 23.6 Å². The van der Waals surface area contributed by atoms with Crippen molar-refractivity contribution in [1.29, 1.82) is 0 Å². The van der Waals surface area contributed by atoms with Gasteiger partial charge >= 0.3 is 5.97 Å². The van der Waals surface area contributed by atoms with Crippen molar-refractivity contribution in [2.45, 2.75) is 19.8 Å². The molecule has 1 atom stereocenters. The first-order chi connectivity index (χ1) is 9.43. The second kappa shape index (κ2) is 7.62. The zero-order chi connectivity index (χ0) is 15.1. The van der Waals surface area contributed by atoms with Crippen LogP contribution in [0, 0.1) is 11.7 Å². The molecule has 4 nitrogen and oxygen atoms in total. The van der Waals surface area contributed by atoms with Gasteiger partial charge < -0.3 is 9.64 Å². The maximum Gasteiger partial charge on any atom is 0.310 e. The van der Waals surface area contributed by atoms with E-state index in [4.69, 9.17) is 0 Å². The van der Waals surface area contributed by atoms with E-state index in [1.54, 1.807) is 26.1 Å². The SMILES string of the molecule is COC(=O)C(C)CN(C)C(=O)CCc1ccc(F)cc1. The Hall–Kier alpha value is -1.91. The zero-order valence-corrected chi connectivity index (χ0v) is 12.1. The summed E-state index contributed by atoms with van der Waals surface area (Å²) in [6, 6.07) is 6.09. The van der Waals surface area contributed by atoms with Crippen molar-refractivity contribution in [2.75, 3.05) is 20.7 Å². The third-order valence-electron chi connectivity index (χ3n) is 3.12. The van der Waals surface area contributed by atoms with E-state index < -0.39 is 0 Å². The van der Waals surface area contributed by atoms with Crippen LogP contribution in [0.1, 0.15) is 18.9 Å². The Morgan fingerprint density at radius 1 is 1.30 bits per heavy atom. The summed E-state index contributed by atoms with van der Waals surface area (Å²) in [5.41, 5.74) is 0.911. The fourth-order valence-electron chi connectivity index (χ4n) is 1.88. The molecule has 0 fully saturated rings. The molecule has 5 heteroatoms. The Bertz CT molecular complexity index is 459. The first-order valence-corrected chi connectivity index (χ1v) is 6.50. The van der Waals surface area contributed by atoms with Crippen LogP contribution in [0.25, 0.3) is 0 Å². The molecule has 110 valence electrons. The van der Waals surface area contributed by atoms with Gasteiger partial charge in [-0.25, -0.2) is 4.39 Å². The number of benzene rings is 1. The average Bonchev–Trinajstić information content (AvgIpc) is 2.45. The van der Waals surface area contributed by atoms with Crippen LogP contribution in [-0.2, 0) is 20.7 Å². The average molecular weight is 281 g/mol. The number of methoxy groups -OCH3 is 1. The summed E-state index contributed by atoms with van der Waals surface area (Å²) in [4.78, 5) is 24.7. The number of nitrogens with zero attached hydrogens (tertiary/aromatic N) is 1. The third kappa shape index (κ3) is 4.99. The normalized spacial score (nSPS) is 11.8. The summed E-state index contributed by atoms with van der Waals surface area (Å²) in [5, 5.41) is 0. The minimum atomic E-state index is -0.347. The maximum atomic E-state index is 12.7. The van der Waals surface area contributed by atoms with Crippen molar-refractivity contribution in [3.63, 3.8) is 0 Å². The van der Waals surface area contributed by atoms with Crippen molar-refractivity contribution >= 4 is 11.9 Å². The molecule has 1 amide bonds. The van der Waals surface area contributed by atoms with Crippen molar-refractivity contribution in [3.8, 4) is 0 Å². The van der Waals surface area contributed by atoms with Gasteiger partial charge in [0.2, 0.25) is 5.91 Å². The van der Waals surface area contributed by atoms with Gasteiger partial charge in [-0.1, -0.05) is 19.1 Å². The molecule has 0 aromatic heterocycles. The molecule has 0 aliphatic rings. The van der Waals surface area contributed by atoms with Crippen LogP contribution in [0.15, 0.2) is 24.3 Å². The fourth-order valence-corrected chi connectivity index (χ4v) is 1.88. The number of ether oxygens (including phenoxy) is 1. The molecule has 1 unspecified atom stereocenters. The number of hydrogen-bond acceptors (Lipinski definition) is 3. The van der Waals surface area contributed by atoms with Crippen LogP contribution in [0.5, 0.6) is 0 Å². The predicted octanol–water partition coefficient (Wildman–Crippen LogP) is 2.03. The highest BCUT2D eigenvalue weighted by atomic mass is 19.1. The highest BCUT2D eigenvalue weighted by Crippen LogP contribution is 2.08. The molecule has 0 N–H and O–H groups in total. The Morgan fingerprint density at radius 2 is 1.90 bits per heavy atom. The lowest BCUT2D eigenvalue weighted by Crippen LogP contribution is -2.34. The number of aryl methyl sites for hydroxylation is 1. The van der Waals surface area contributed by atoms with Gasteiger partial charge in [-0.2, -0.15) is 0 Å². The number of carbonyl (C=O) groups is 2. The molecule has 0 aliphatic carbocycles. The fraction of sp³-hybridized carbons (Fsp3) is 0.467. The lowest BCUT2D eigenvalue weighted by atomic mass is 10.1. The molecule has 0 saturated heterocycles. The third-order valence-corrected chi connectivity index (χ3v) is 3.12. The molecule has 0 spiro atoms. The topological polar surface area (TPSA) is 46.6 Å². The molecule has 0 heterocycles. The van der Waals surface area contributed by atoms with Gasteiger partial charge in [0.1, 0.15) is 5.82 Å². The molecule has 0 radical (unpaired) electrons. The van der Waals surface area contributed by atoms with Gasteiger partial charge in [-0.15, -0.1) is 0 Å². The van der Waals surface area contributed by atoms with Gasteiger partial charge in [-0.3, -0.25) is 9.59 Å². The van der Waals surface area contributed by atoms with E-state index >= 15 is 0 Å². The lowest BCUT2D eigenvalue weighted by molar-refractivity contribution is -0.146. The van der Waals surface area contributed by atoms with Gasteiger partial charge in [0, 0.05) is 20.0 Å². The highest BCUT2D eigenvalue weighted by Gasteiger charge is 2.18. The van der Waals surface area contributed by atoms with Crippen LogP contribution in [-0.4, -0.2) is 37.5 Å². The van der Waals surface area contributed by atoms with E-state index in [0.29, 0.717) is 19.4 Å². The molecule has 0 aliphatic heterocycles. The van der Waals surface area contributed by atoms with Crippen molar-refractivity contribution < 1.29 is 18.7 Å². The number of carbonyl (C=O) groups excluding carboxylic acids is 2. The van der Waals surface area contributed by atoms with Crippen LogP contribution in [0.3, 0.4) is 0 Å². The molecule has 20 heavy (non-hydrogen) atoms. The number of halogens is 1. The summed E-state index contributed by atoms with van der Waals surface area (Å²) in [6.45, 7) is 2.05. The van der Waals surface area contributed by atoms with E-state index in [9.17, 15) is 14.0 Å². The molecule has 1 aromatic rings. The summed E-state index contributed by atoms with van der Waals surface area (Å²) in [5.74, 6) is -1.02. The van der Waals surface area contributed by atoms with E-state index in [1.165, 1.54) is 24.1 Å². The minimum Gasteiger partial charge on any atom is -0.469 e. The Labute approximate surface area is 118 Å². The van der Waals surface area contributed by atoms with Crippen molar-refractivity contribution in [1.82, 2.24) is 4.90 Å². The first-order valence-electron chi connectivity index (χ1n) is 6.50. The Balaban J connectivity index is 2.42. The minimum absolute atomic E-state index is 0.0509. The number of hydrogen-bond donors (Lipinski definition) is 0. The van der Waals surface area contributed by atoms with E-state index in [2.05, 4.69) is 4.74 Å². The van der Waals surface area contributed by atoms with Crippen LogP contribution < -0.4 is 0 Å². The van der Waals surface area contributed by atoms with Gasteiger partial charge in [0.15, 0.2) is 0 Å². The number of amides is 1. The molecule has 1 rings (SSSR count). The van der Waals surface area contributed by atoms with E-state index in [0.717, 1.165) is 5.56 Å². The lowest BCUT2D eigenvalue weighted by Gasteiger charge is -2.20. The zero-order valence-electron chi connectivity index (χ0n) is 12.1. The summed E-state index contributed by atoms with van der Waals surface area (Å²) in [7, 11) is 2.99. The predicted molar refractivity (Wildman–Crippen MR) is 73.5 cm³/mol. The smallest absolute Gasteiger partial charge is 0.310 e. The van der Waals surface area contributed by atoms with Crippen molar-refractivity contribution in [2.24, 2.45) is 5.92 Å². The second-order valence-corrected chi connectivity index (χ2v) is 4.82. The Kier molecular flexibility index (Phi) is 6.15. The summed E-state index contributed by atoms with van der Waals surface area (Å²) in [6.07, 6.45) is 0.881. The maximum absolute atomic E-state index is 12.7. The van der Waals surface area contributed by atoms with Gasteiger partial charge in [-0.05, 0) is 24.1 Å². The second-order valence-electron chi connectivity index (χ2n) is 4.82. The largest absolute Gasteiger partial charge is 0.469 e. The van der Waals surface area contributed by atoms with Crippen LogP contribution in [0.4, 0.5) is 4.39 Å². The van der Waals surface area contributed by atoms with Crippen molar-refractivity contribution in [3.05, 3.63) is 35.6 Å². The quantitative estimate of drug-likeness (QED) is 0.750. The molecular weight excluding hydrogens is 261 g/mol. The molecule has 1 aromatic carbocycles.